The third kappa shape index (κ3) is 4.90. The Morgan fingerprint density at radius 1 is 1.15 bits per heavy atom. The van der Waals surface area contributed by atoms with Crippen molar-refractivity contribution in [2.45, 2.75) is 50.0 Å². The predicted octanol–water partition coefficient (Wildman–Crippen LogP) is 4.33. The van der Waals surface area contributed by atoms with Crippen molar-refractivity contribution in [3.63, 3.8) is 0 Å². The van der Waals surface area contributed by atoms with Crippen LogP contribution in [-0.2, 0) is 17.1 Å². The van der Waals surface area contributed by atoms with Gasteiger partial charge in [-0.05, 0) is 62.2 Å². The maximum absolute atomic E-state index is 13.0. The van der Waals surface area contributed by atoms with Crippen LogP contribution in [0.15, 0.2) is 52.4 Å². The monoisotopic (exact) mass is 487 g/mol. The molecular formula is C24H29N3O4S2. The lowest BCUT2D eigenvalue weighted by Gasteiger charge is -2.30. The molecule has 9 heteroatoms. The predicted molar refractivity (Wildman–Crippen MR) is 130 cm³/mol. The lowest BCUT2D eigenvalue weighted by molar-refractivity contribution is 0.0998. The van der Waals surface area contributed by atoms with E-state index >= 15 is 0 Å². The summed E-state index contributed by atoms with van der Waals surface area (Å²) < 4.78 is 35.9. The van der Waals surface area contributed by atoms with Gasteiger partial charge in [-0.15, -0.1) is 0 Å². The number of aromatic nitrogens is 1. The minimum absolute atomic E-state index is 0.0382. The molecule has 1 heterocycles. The summed E-state index contributed by atoms with van der Waals surface area (Å²) in [6.07, 6.45) is 5.06. The van der Waals surface area contributed by atoms with Gasteiger partial charge in [0, 0.05) is 25.7 Å². The molecule has 1 aliphatic carbocycles. The van der Waals surface area contributed by atoms with Crippen LogP contribution < -0.4 is 9.54 Å². The first-order valence-electron chi connectivity index (χ1n) is 11.2. The highest BCUT2D eigenvalue weighted by Gasteiger charge is 2.29. The molecule has 1 amide bonds. The third-order valence-corrected chi connectivity index (χ3v) is 9.18. The van der Waals surface area contributed by atoms with Crippen molar-refractivity contribution in [3.05, 3.63) is 52.8 Å². The van der Waals surface area contributed by atoms with Crippen molar-refractivity contribution in [1.82, 2.24) is 8.87 Å². The fraction of sp³-hybridized carbons (Fsp3) is 0.417. The molecule has 0 atom stereocenters. The zero-order valence-corrected chi connectivity index (χ0v) is 20.8. The Morgan fingerprint density at radius 3 is 2.52 bits per heavy atom. The summed E-state index contributed by atoms with van der Waals surface area (Å²) >= 11 is 1.41. The van der Waals surface area contributed by atoms with Crippen molar-refractivity contribution in [2.24, 2.45) is 12.0 Å². The number of rotatable bonds is 6. The maximum atomic E-state index is 13.0. The molecule has 1 fully saturated rings. The summed E-state index contributed by atoms with van der Waals surface area (Å²) in [5.74, 6) is 0.367. The molecule has 7 nitrogen and oxygen atoms in total. The standard InChI is InChI=1S/C24H29N3O4S2/c1-4-31-19-12-15-21-22(16-19)32-24(26(21)2)25-23(28)17-10-13-20(14-11-17)33(29,30)27(3)18-8-6-5-7-9-18/h10-16,18H,4-9H2,1-3H3. The van der Waals surface area contributed by atoms with Gasteiger partial charge in [-0.25, -0.2) is 8.42 Å². The van der Waals surface area contributed by atoms with Crippen molar-refractivity contribution in [1.29, 1.82) is 0 Å². The highest BCUT2D eigenvalue weighted by atomic mass is 32.2. The molecule has 1 aliphatic rings. The molecule has 0 spiro atoms. The third-order valence-electron chi connectivity index (χ3n) is 6.16. The van der Waals surface area contributed by atoms with Crippen LogP contribution in [0.25, 0.3) is 10.2 Å². The molecule has 1 aromatic heterocycles. The SMILES string of the molecule is CCOc1ccc2c(c1)sc(=NC(=O)c1ccc(S(=O)(=O)N(C)C3CCCCC3)cc1)n2C. The molecule has 0 aliphatic heterocycles. The van der Waals surface area contributed by atoms with Crippen LogP contribution in [0, 0.1) is 0 Å². The molecule has 2 aromatic carbocycles. The van der Waals surface area contributed by atoms with Gasteiger partial charge in [0.1, 0.15) is 5.75 Å². The first-order valence-corrected chi connectivity index (χ1v) is 13.5. The first kappa shape index (κ1) is 23.7. The number of benzene rings is 2. The Bertz CT molecular complexity index is 1320. The summed E-state index contributed by atoms with van der Waals surface area (Å²) in [7, 11) is -0.0813. The summed E-state index contributed by atoms with van der Waals surface area (Å²) in [5, 5.41) is 0. The molecule has 0 saturated heterocycles. The van der Waals surface area contributed by atoms with E-state index in [1.54, 1.807) is 7.05 Å². The van der Waals surface area contributed by atoms with Crippen LogP contribution in [0.1, 0.15) is 49.4 Å². The number of hydrogen-bond acceptors (Lipinski definition) is 5. The number of sulfonamides is 1. The lowest BCUT2D eigenvalue weighted by Crippen LogP contribution is -2.38. The molecule has 0 bridgehead atoms. The van der Waals surface area contributed by atoms with Gasteiger partial charge in [-0.3, -0.25) is 4.79 Å². The van der Waals surface area contributed by atoms with E-state index in [1.165, 1.54) is 39.9 Å². The second-order valence-corrected chi connectivity index (χ2v) is 11.3. The Labute approximate surface area is 198 Å². The van der Waals surface area contributed by atoms with E-state index in [0.717, 1.165) is 48.1 Å². The van der Waals surface area contributed by atoms with E-state index < -0.39 is 15.9 Å². The molecule has 3 aromatic rings. The number of fused-ring (bicyclic) bond motifs is 1. The molecular weight excluding hydrogens is 458 g/mol. The normalized spacial score (nSPS) is 15.9. The zero-order valence-electron chi connectivity index (χ0n) is 19.2. The molecule has 0 N–H and O–H groups in total. The van der Waals surface area contributed by atoms with Gasteiger partial charge in [-0.2, -0.15) is 9.30 Å². The molecule has 176 valence electrons. The zero-order chi connectivity index (χ0) is 23.6. The first-order chi connectivity index (χ1) is 15.8. The van der Waals surface area contributed by atoms with Crippen LogP contribution in [0.2, 0.25) is 0 Å². The largest absolute Gasteiger partial charge is 0.494 e. The van der Waals surface area contributed by atoms with Crippen LogP contribution >= 0.6 is 11.3 Å². The average Bonchev–Trinajstić information content (AvgIpc) is 3.13. The highest BCUT2D eigenvalue weighted by Crippen LogP contribution is 2.27. The van der Waals surface area contributed by atoms with Gasteiger partial charge in [-0.1, -0.05) is 30.6 Å². The van der Waals surface area contributed by atoms with E-state index in [4.69, 9.17) is 4.74 Å². The lowest BCUT2D eigenvalue weighted by atomic mass is 9.96. The van der Waals surface area contributed by atoms with Gasteiger partial charge in [0.05, 0.1) is 21.7 Å². The number of aryl methyl sites for hydroxylation is 1. The highest BCUT2D eigenvalue weighted by molar-refractivity contribution is 7.89. The summed E-state index contributed by atoms with van der Waals surface area (Å²) in [5.41, 5.74) is 1.31. The Hall–Kier alpha value is -2.49. The molecule has 1 saturated carbocycles. The minimum Gasteiger partial charge on any atom is -0.494 e. The number of amides is 1. The van der Waals surface area contributed by atoms with Gasteiger partial charge in [0.25, 0.3) is 5.91 Å². The second-order valence-electron chi connectivity index (χ2n) is 8.26. The van der Waals surface area contributed by atoms with Crippen molar-refractivity contribution >= 4 is 37.5 Å². The van der Waals surface area contributed by atoms with Crippen molar-refractivity contribution in [3.8, 4) is 5.75 Å². The van der Waals surface area contributed by atoms with Crippen LogP contribution in [0.4, 0.5) is 0 Å². The molecule has 0 unspecified atom stereocenters. The Kier molecular flexibility index (Phi) is 7.02. The van der Waals surface area contributed by atoms with E-state index in [2.05, 4.69) is 4.99 Å². The number of thiazole rings is 1. The number of carbonyl (C=O) groups is 1. The average molecular weight is 488 g/mol. The smallest absolute Gasteiger partial charge is 0.279 e. The number of nitrogens with zero attached hydrogens (tertiary/aromatic N) is 3. The molecule has 0 radical (unpaired) electrons. The van der Waals surface area contributed by atoms with Crippen molar-refractivity contribution in [2.75, 3.05) is 13.7 Å². The topological polar surface area (TPSA) is 81.0 Å². The van der Waals surface area contributed by atoms with E-state index in [-0.39, 0.29) is 10.9 Å². The van der Waals surface area contributed by atoms with E-state index in [1.807, 2.05) is 36.7 Å². The van der Waals surface area contributed by atoms with Gasteiger partial charge in [0.2, 0.25) is 10.0 Å². The van der Waals surface area contributed by atoms with Gasteiger partial charge < -0.3 is 9.30 Å². The van der Waals surface area contributed by atoms with Gasteiger partial charge >= 0.3 is 0 Å². The molecule has 4 rings (SSSR count). The molecule has 33 heavy (non-hydrogen) atoms. The number of hydrogen-bond donors (Lipinski definition) is 0. The Morgan fingerprint density at radius 2 is 1.85 bits per heavy atom. The van der Waals surface area contributed by atoms with E-state index in [0.29, 0.717) is 17.0 Å². The Balaban J connectivity index is 1.57. The van der Waals surface area contributed by atoms with Gasteiger partial charge in [0.15, 0.2) is 4.80 Å². The van der Waals surface area contributed by atoms with Crippen LogP contribution in [0.3, 0.4) is 0 Å². The quantitative estimate of drug-likeness (QED) is 0.518. The van der Waals surface area contributed by atoms with E-state index in [9.17, 15) is 13.2 Å². The summed E-state index contributed by atoms with van der Waals surface area (Å²) in [4.78, 5) is 17.8. The fourth-order valence-corrected chi connectivity index (χ4v) is 6.67. The summed E-state index contributed by atoms with van der Waals surface area (Å²) in [6, 6.07) is 11.9. The van der Waals surface area contributed by atoms with Crippen LogP contribution in [0.5, 0.6) is 5.75 Å². The second kappa shape index (κ2) is 9.79. The number of ether oxygens (including phenoxy) is 1. The number of carbonyl (C=O) groups excluding carboxylic acids is 1. The van der Waals surface area contributed by atoms with Crippen molar-refractivity contribution < 1.29 is 17.9 Å². The summed E-state index contributed by atoms with van der Waals surface area (Å²) in [6.45, 7) is 2.52. The van der Waals surface area contributed by atoms with Crippen LogP contribution in [-0.4, -0.2) is 42.9 Å². The minimum atomic E-state index is -3.60. The maximum Gasteiger partial charge on any atom is 0.279 e. The fourth-order valence-electron chi connectivity index (χ4n) is 4.21.